The lowest BCUT2D eigenvalue weighted by atomic mass is 10.2. The van der Waals surface area contributed by atoms with Crippen molar-refractivity contribution in [2.45, 2.75) is 45.4 Å². The molecular formula is C11H23N3O2Si. The molecule has 0 aliphatic carbocycles. The van der Waals surface area contributed by atoms with E-state index in [-0.39, 0.29) is 10.7 Å². The first kappa shape index (κ1) is 14.2. The molecule has 0 saturated carbocycles. The highest BCUT2D eigenvalue weighted by Gasteiger charge is 2.36. The van der Waals surface area contributed by atoms with E-state index >= 15 is 0 Å². The van der Waals surface area contributed by atoms with Crippen LogP contribution in [0.5, 0.6) is 0 Å². The number of aromatic nitrogens is 3. The van der Waals surface area contributed by atoms with Gasteiger partial charge >= 0.3 is 5.69 Å². The minimum absolute atomic E-state index is 0.0937. The molecule has 0 saturated heterocycles. The number of hydrogen-bond donors (Lipinski definition) is 0. The van der Waals surface area contributed by atoms with Crippen molar-refractivity contribution in [3.8, 4) is 0 Å². The molecule has 0 aromatic carbocycles. The van der Waals surface area contributed by atoms with Crippen molar-refractivity contribution in [1.82, 2.24) is 14.3 Å². The Morgan fingerprint density at radius 2 is 2.00 bits per heavy atom. The Labute approximate surface area is 104 Å². The zero-order chi connectivity index (χ0) is 13.3. The summed E-state index contributed by atoms with van der Waals surface area (Å²) in [6.45, 7) is 12.2. The van der Waals surface area contributed by atoms with Crippen molar-refractivity contribution in [3.05, 3.63) is 16.8 Å². The first-order chi connectivity index (χ1) is 7.65. The number of nitrogens with zero attached hydrogens (tertiary/aromatic N) is 3. The molecular weight excluding hydrogens is 234 g/mol. The van der Waals surface area contributed by atoms with Crippen LogP contribution >= 0.6 is 0 Å². The van der Waals surface area contributed by atoms with Crippen LogP contribution in [0.1, 0.15) is 20.8 Å². The SMILES string of the molecule is Cn1ncn(CCO[Si](C)(C)C(C)(C)C)c1=O. The van der Waals surface area contributed by atoms with Crippen molar-refractivity contribution in [2.24, 2.45) is 7.05 Å². The topological polar surface area (TPSA) is 49.0 Å². The molecule has 17 heavy (non-hydrogen) atoms. The van der Waals surface area contributed by atoms with Crippen LogP contribution in [0.25, 0.3) is 0 Å². The highest BCUT2D eigenvalue weighted by Crippen LogP contribution is 2.36. The molecule has 0 atom stereocenters. The van der Waals surface area contributed by atoms with Gasteiger partial charge in [0.2, 0.25) is 0 Å². The Hall–Kier alpha value is -0.883. The third-order valence-electron chi connectivity index (χ3n) is 3.49. The monoisotopic (exact) mass is 257 g/mol. The molecule has 0 amide bonds. The Kier molecular flexibility index (Phi) is 3.98. The molecule has 0 fully saturated rings. The van der Waals surface area contributed by atoms with Crippen LogP contribution in [-0.4, -0.2) is 29.3 Å². The molecule has 0 aliphatic rings. The van der Waals surface area contributed by atoms with Crippen molar-refractivity contribution < 1.29 is 4.43 Å². The van der Waals surface area contributed by atoms with Crippen molar-refractivity contribution in [3.63, 3.8) is 0 Å². The van der Waals surface area contributed by atoms with Gasteiger partial charge in [0.1, 0.15) is 6.33 Å². The molecule has 1 rings (SSSR count). The zero-order valence-corrected chi connectivity index (χ0v) is 12.6. The van der Waals surface area contributed by atoms with Gasteiger partial charge in [0, 0.05) is 7.05 Å². The van der Waals surface area contributed by atoms with Gasteiger partial charge in [0.05, 0.1) is 13.2 Å². The lowest BCUT2D eigenvalue weighted by molar-refractivity contribution is 0.270. The average molecular weight is 257 g/mol. The maximum absolute atomic E-state index is 11.5. The van der Waals surface area contributed by atoms with E-state index in [2.05, 4.69) is 39.0 Å². The summed E-state index contributed by atoms with van der Waals surface area (Å²) in [7, 11) is -0.0656. The Bertz CT molecular complexity index is 429. The van der Waals surface area contributed by atoms with Gasteiger partial charge in [-0.25, -0.2) is 9.48 Å². The molecule has 0 radical (unpaired) electrons. The lowest BCUT2D eigenvalue weighted by Crippen LogP contribution is -2.41. The van der Waals surface area contributed by atoms with E-state index < -0.39 is 8.32 Å². The standard InChI is InChI=1S/C11H23N3O2Si/c1-11(2,3)17(5,6)16-8-7-14-9-12-13(4)10(14)15/h9H,7-8H2,1-6H3. The molecule has 0 bridgehead atoms. The van der Waals surface area contributed by atoms with Crippen molar-refractivity contribution in [1.29, 1.82) is 0 Å². The second-order valence-electron chi connectivity index (χ2n) is 5.84. The van der Waals surface area contributed by atoms with Gasteiger partial charge in [-0.15, -0.1) is 0 Å². The van der Waals surface area contributed by atoms with Gasteiger partial charge < -0.3 is 4.43 Å². The Morgan fingerprint density at radius 3 is 2.41 bits per heavy atom. The summed E-state index contributed by atoms with van der Waals surface area (Å²) in [6.07, 6.45) is 1.55. The van der Waals surface area contributed by atoms with Gasteiger partial charge in [0.25, 0.3) is 0 Å². The smallest absolute Gasteiger partial charge is 0.345 e. The van der Waals surface area contributed by atoms with E-state index in [4.69, 9.17) is 4.43 Å². The van der Waals surface area contributed by atoms with Crippen LogP contribution in [0.2, 0.25) is 18.1 Å². The first-order valence-electron chi connectivity index (χ1n) is 5.87. The molecule has 5 nitrogen and oxygen atoms in total. The maximum atomic E-state index is 11.5. The van der Waals surface area contributed by atoms with Gasteiger partial charge in [-0.3, -0.25) is 4.57 Å². The second-order valence-corrected chi connectivity index (χ2v) is 10.6. The summed E-state index contributed by atoms with van der Waals surface area (Å²) in [5.41, 5.74) is -0.0937. The van der Waals surface area contributed by atoms with E-state index in [1.165, 1.54) is 4.68 Å². The average Bonchev–Trinajstić information content (AvgIpc) is 2.47. The number of hydrogen-bond acceptors (Lipinski definition) is 3. The van der Waals surface area contributed by atoms with Gasteiger partial charge in [-0.05, 0) is 18.1 Å². The molecule has 98 valence electrons. The summed E-state index contributed by atoms with van der Waals surface area (Å²) in [5.74, 6) is 0. The second kappa shape index (κ2) is 4.78. The third kappa shape index (κ3) is 3.29. The summed E-state index contributed by atoms with van der Waals surface area (Å²) in [4.78, 5) is 11.5. The molecule has 0 spiro atoms. The largest absolute Gasteiger partial charge is 0.415 e. The van der Waals surface area contributed by atoms with Gasteiger partial charge in [0.15, 0.2) is 8.32 Å². The summed E-state index contributed by atoms with van der Waals surface area (Å²) >= 11 is 0. The van der Waals surface area contributed by atoms with E-state index in [1.54, 1.807) is 17.9 Å². The molecule has 1 aromatic heterocycles. The number of aryl methyl sites for hydroxylation is 1. The quantitative estimate of drug-likeness (QED) is 0.770. The predicted octanol–water partition coefficient (Wildman–Crippen LogP) is 1.60. The molecule has 0 aliphatic heterocycles. The van der Waals surface area contributed by atoms with E-state index in [9.17, 15) is 4.79 Å². The Morgan fingerprint density at radius 1 is 1.41 bits per heavy atom. The minimum Gasteiger partial charge on any atom is -0.415 e. The van der Waals surface area contributed by atoms with Crippen LogP contribution in [0.15, 0.2) is 11.1 Å². The fourth-order valence-electron chi connectivity index (χ4n) is 1.19. The zero-order valence-electron chi connectivity index (χ0n) is 11.6. The van der Waals surface area contributed by atoms with Crippen molar-refractivity contribution >= 4 is 8.32 Å². The summed E-state index contributed by atoms with van der Waals surface area (Å²) in [6, 6.07) is 0. The van der Waals surface area contributed by atoms with Crippen LogP contribution in [-0.2, 0) is 18.0 Å². The fourth-order valence-corrected chi connectivity index (χ4v) is 2.23. The normalized spacial score (nSPS) is 13.1. The lowest BCUT2D eigenvalue weighted by Gasteiger charge is -2.36. The Balaban J connectivity index is 2.54. The fraction of sp³-hybridized carbons (Fsp3) is 0.818. The third-order valence-corrected chi connectivity index (χ3v) is 8.03. The predicted molar refractivity (Wildman–Crippen MR) is 70.6 cm³/mol. The van der Waals surface area contributed by atoms with Crippen LogP contribution in [0, 0.1) is 0 Å². The first-order valence-corrected chi connectivity index (χ1v) is 8.78. The van der Waals surface area contributed by atoms with Crippen LogP contribution in [0.3, 0.4) is 0 Å². The number of rotatable bonds is 4. The van der Waals surface area contributed by atoms with Crippen LogP contribution < -0.4 is 5.69 Å². The molecule has 0 unspecified atom stereocenters. The van der Waals surface area contributed by atoms with E-state index in [0.29, 0.717) is 13.2 Å². The van der Waals surface area contributed by atoms with Crippen LogP contribution in [0.4, 0.5) is 0 Å². The molecule has 1 aromatic rings. The summed E-state index contributed by atoms with van der Waals surface area (Å²) < 4.78 is 8.91. The molecule has 6 heteroatoms. The molecule has 0 N–H and O–H groups in total. The van der Waals surface area contributed by atoms with Gasteiger partial charge in [-0.2, -0.15) is 5.10 Å². The summed E-state index contributed by atoms with van der Waals surface area (Å²) in [5, 5.41) is 4.10. The van der Waals surface area contributed by atoms with Gasteiger partial charge in [-0.1, -0.05) is 20.8 Å². The maximum Gasteiger partial charge on any atom is 0.345 e. The highest BCUT2D eigenvalue weighted by molar-refractivity contribution is 6.74. The van der Waals surface area contributed by atoms with Crippen molar-refractivity contribution in [2.75, 3.05) is 6.61 Å². The minimum atomic E-state index is -1.71. The van der Waals surface area contributed by atoms with E-state index in [0.717, 1.165) is 0 Å². The molecule has 1 heterocycles. The van der Waals surface area contributed by atoms with E-state index in [1.807, 2.05) is 0 Å². The highest BCUT2D eigenvalue weighted by atomic mass is 28.4.